The van der Waals surface area contributed by atoms with Gasteiger partial charge in [-0.1, -0.05) is 18.2 Å². The topological polar surface area (TPSA) is 78.7 Å². The summed E-state index contributed by atoms with van der Waals surface area (Å²) in [4.78, 5) is 11.6. The number of carbonyl (C=O) groups excluding carboxylic acids is 1. The molecule has 24 heavy (non-hydrogen) atoms. The van der Waals surface area contributed by atoms with Crippen molar-refractivity contribution in [2.24, 2.45) is 12.8 Å². The molecule has 2 aromatic heterocycles. The smallest absolute Gasteiger partial charge is 0.364 e. The van der Waals surface area contributed by atoms with Crippen molar-refractivity contribution < 1.29 is 18.0 Å². The normalized spacial score (nSPS) is 11.7. The molecule has 0 saturated carbocycles. The lowest BCUT2D eigenvalue weighted by Crippen LogP contribution is -2.16. The summed E-state index contributed by atoms with van der Waals surface area (Å²) in [7, 11) is 1.24. The molecule has 0 bridgehead atoms. The molecular weight excluding hydrogens is 323 g/mol. The highest BCUT2D eigenvalue weighted by atomic mass is 19.4. The van der Waals surface area contributed by atoms with E-state index in [1.165, 1.54) is 24.1 Å². The van der Waals surface area contributed by atoms with Crippen LogP contribution < -0.4 is 5.73 Å². The van der Waals surface area contributed by atoms with Crippen LogP contribution in [0.2, 0.25) is 0 Å². The number of halogens is 3. The Morgan fingerprint density at radius 1 is 1.21 bits per heavy atom. The summed E-state index contributed by atoms with van der Waals surface area (Å²) in [6.45, 7) is 0. The molecule has 124 valence electrons. The minimum Gasteiger partial charge on any atom is -0.364 e. The molecule has 0 fully saturated rings. The predicted octanol–water partition coefficient (Wildman–Crippen LogP) is 2.39. The summed E-state index contributed by atoms with van der Waals surface area (Å²) in [5.41, 5.74) is 4.13. The summed E-state index contributed by atoms with van der Waals surface area (Å²) in [5.74, 6) is -0.997. The van der Waals surface area contributed by atoms with E-state index in [0.717, 1.165) is 4.68 Å². The highest BCUT2D eigenvalue weighted by molar-refractivity contribution is 5.99. The summed E-state index contributed by atoms with van der Waals surface area (Å²) >= 11 is 0. The molecule has 9 heteroatoms. The zero-order valence-electron chi connectivity index (χ0n) is 12.4. The maximum atomic E-state index is 13.3. The van der Waals surface area contributed by atoms with Crippen LogP contribution in [0.25, 0.3) is 16.8 Å². The lowest BCUT2D eigenvalue weighted by Gasteiger charge is -2.05. The van der Waals surface area contributed by atoms with Crippen LogP contribution in [0.3, 0.4) is 0 Å². The number of carbonyl (C=O) groups is 1. The maximum absolute atomic E-state index is 13.3. The number of nitrogens with two attached hydrogens (primary N) is 1. The van der Waals surface area contributed by atoms with Crippen LogP contribution in [0.4, 0.5) is 13.2 Å². The van der Waals surface area contributed by atoms with Crippen LogP contribution in [0.15, 0.2) is 42.7 Å². The van der Waals surface area contributed by atoms with Gasteiger partial charge in [0, 0.05) is 24.4 Å². The van der Waals surface area contributed by atoms with Gasteiger partial charge in [-0.05, 0) is 12.1 Å². The van der Waals surface area contributed by atoms with E-state index in [4.69, 9.17) is 5.73 Å². The quantitative estimate of drug-likeness (QED) is 0.798. The molecule has 0 unspecified atom stereocenters. The first-order chi connectivity index (χ1) is 11.3. The van der Waals surface area contributed by atoms with Crippen LogP contribution >= 0.6 is 0 Å². The van der Waals surface area contributed by atoms with E-state index < -0.39 is 17.8 Å². The molecule has 0 radical (unpaired) electrons. The van der Waals surface area contributed by atoms with Crippen LogP contribution in [0.1, 0.15) is 16.2 Å². The second-order valence-electron chi connectivity index (χ2n) is 5.07. The molecule has 0 atom stereocenters. The Balaban J connectivity index is 2.19. The fraction of sp³-hybridized carbons (Fsp3) is 0.133. The van der Waals surface area contributed by atoms with Gasteiger partial charge in [-0.2, -0.15) is 23.4 Å². The van der Waals surface area contributed by atoms with Gasteiger partial charge < -0.3 is 5.73 Å². The first-order valence-corrected chi connectivity index (χ1v) is 6.83. The number of primary amides is 1. The first-order valence-electron chi connectivity index (χ1n) is 6.83. The van der Waals surface area contributed by atoms with Crippen molar-refractivity contribution in [3.63, 3.8) is 0 Å². The fourth-order valence-electron chi connectivity index (χ4n) is 2.45. The lowest BCUT2D eigenvalue weighted by atomic mass is 10.1. The molecule has 0 spiro atoms. The zero-order chi connectivity index (χ0) is 17.5. The molecule has 0 aliphatic carbocycles. The van der Waals surface area contributed by atoms with E-state index in [0.29, 0.717) is 5.69 Å². The Labute approximate surface area is 134 Å². The SMILES string of the molecule is Cn1nc(C(F)(F)F)c(-c2cnn(-c3ccccc3)c2)c1C(N)=O. The summed E-state index contributed by atoms with van der Waals surface area (Å²) in [5, 5.41) is 7.47. The lowest BCUT2D eigenvalue weighted by molar-refractivity contribution is -0.140. The molecule has 6 nitrogen and oxygen atoms in total. The van der Waals surface area contributed by atoms with Crippen molar-refractivity contribution in [3.05, 3.63) is 54.1 Å². The number of amides is 1. The van der Waals surface area contributed by atoms with Crippen molar-refractivity contribution in [2.45, 2.75) is 6.18 Å². The van der Waals surface area contributed by atoms with Gasteiger partial charge in [-0.25, -0.2) is 4.68 Å². The summed E-state index contributed by atoms with van der Waals surface area (Å²) in [6, 6.07) is 8.86. The minimum absolute atomic E-state index is 0.105. The third kappa shape index (κ3) is 2.64. The molecule has 0 saturated heterocycles. The minimum atomic E-state index is -4.73. The average molecular weight is 335 g/mol. The Bertz CT molecular complexity index is 896. The molecule has 3 aromatic rings. The molecule has 0 aliphatic rings. The highest BCUT2D eigenvalue weighted by Crippen LogP contribution is 2.38. The third-order valence-corrected chi connectivity index (χ3v) is 3.44. The van der Waals surface area contributed by atoms with Crippen molar-refractivity contribution in [3.8, 4) is 16.8 Å². The summed E-state index contributed by atoms with van der Waals surface area (Å²) < 4.78 is 42.0. The molecule has 1 aromatic carbocycles. The highest BCUT2D eigenvalue weighted by Gasteiger charge is 2.40. The first kappa shape index (κ1) is 15.8. The molecule has 2 heterocycles. The second kappa shape index (κ2) is 5.52. The average Bonchev–Trinajstić information content (AvgIpc) is 3.11. The van der Waals surface area contributed by atoms with Gasteiger partial charge in [0.15, 0.2) is 5.69 Å². The van der Waals surface area contributed by atoms with Gasteiger partial charge in [0.2, 0.25) is 0 Å². The number of rotatable bonds is 3. The van der Waals surface area contributed by atoms with Gasteiger partial charge in [0.05, 0.1) is 11.9 Å². The van der Waals surface area contributed by atoms with E-state index in [9.17, 15) is 18.0 Å². The van der Waals surface area contributed by atoms with Crippen molar-refractivity contribution in [2.75, 3.05) is 0 Å². The number of alkyl halides is 3. The monoisotopic (exact) mass is 335 g/mol. The number of benzene rings is 1. The van der Waals surface area contributed by atoms with Crippen molar-refractivity contribution >= 4 is 5.91 Å². The zero-order valence-corrected chi connectivity index (χ0v) is 12.4. The Morgan fingerprint density at radius 3 is 2.46 bits per heavy atom. The van der Waals surface area contributed by atoms with E-state index >= 15 is 0 Å². The van der Waals surface area contributed by atoms with E-state index in [-0.39, 0.29) is 16.8 Å². The number of nitrogens with zero attached hydrogens (tertiary/aromatic N) is 4. The van der Waals surface area contributed by atoms with E-state index in [1.54, 1.807) is 24.3 Å². The third-order valence-electron chi connectivity index (χ3n) is 3.44. The van der Waals surface area contributed by atoms with Crippen molar-refractivity contribution in [1.29, 1.82) is 0 Å². The van der Waals surface area contributed by atoms with E-state index in [2.05, 4.69) is 10.2 Å². The standard InChI is InChI=1S/C15H12F3N5O/c1-22-12(14(19)24)11(13(21-22)15(16,17)18)9-7-20-23(8-9)10-5-3-2-4-6-10/h2-8H,1H3,(H2,19,24). The van der Waals surface area contributed by atoms with Gasteiger partial charge in [0.25, 0.3) is 5.91 Å². The Hall–Kier alpha value is -3.10. The Kier molecular flexibility index (Phi) is 3.63. The van der Waals surface area contributed by atoms with Crippen LogP contribution in [0.5, 0.6) is 0 Å². The number of para-hydroxylation sites is 1. The summed E-state index contributed by atoms with van der Waals surface area (Å²) in [6.07, 6.45) is -2.09. The molecule has 2 N–H and O–H groups in total. The molecule has 1 amide bonds. The molecule has 0 aliphatic heterocycles. The Morgan fingerprint density at radius 2 is 1.88 bits per heavy atom. The number of hydrogen-bond donors (Lipinski definition) is 1. The molecule has 3 rings (SSSR count). The molecular formula is C15H12F3N5O. The maximum Gasteiger partial charge on any atom is 0.435 e. The van der Waals surface area contributed by atoms with Crippen molar-refractivity contribution in [1.82, 2.24) is 19.6 Å². The van der Waals surface area contributed by atoms with Gasteiger partial charge in [-0.3, -0.25) is 9.48 Å². The van der Waals surface area contributed by atoms with Gasteiger partial charge >= 0.3 is 6.18 Å². The van der Waals surface area contributed by atoms with Gasteiger partial charge in [0.1, 0.15) is 5.69 Å². The van der Waals surface area contributed by atoms with Gasteiger partial charge in [-0.15, -0.1) is 0 Å². The second-order valence-corrected chi connectivity index (χ2v) is 5.07. The number of aryl methyl sites for hydroxylation is 1. The number of aromatic nitrogens is 4. The predicted molar refractivity (Wildman–Crippen MR) is 79.3 cm³/mol. The van der Waals surface area contributed by atoms with Crippen LogP contribution in [-0.4, -0.2) is 25.5 Å². The fourth-order valence-corrected chi connectivity index (χ4v) is 2.45. The van der Waals surface area contributed by atoms with Crippen LogP contribution in [0, 0.1) is 0 Å². The van der Waals surface area contributed by atoms with Crippen LogP contribution in [-0.2, 0) is 13.2 Å². The number of hydrogen-bond acceptors (Lipinski definition) is 3. The van der Waals surface area contributed by atoms with E-state index in [1.807, 2.05) is 6.07 Å². The largest absolute Gasteiger partial charge is 0.435 e.